The molecule has 0 aliphatic rings. The zero-order valence-electron chi connectivity index (χ0n) is 9.14. The number of nitrogens with two attached hydrogens (primary N) is 1. The first-order valence-electron chi connectivity index (χ1n) is 4.81. The molecular weight excluding hydrogens is 266 g/mol. The van der Waals surface area contributed by atoms with Crippen LogP contribution in [-0.2, 0) is 21.2 Å². The van der Waals surface area contributed by atoms with E-state index in [2.05, 4.69) is 4.74 Å². The lowest BCUT2D eigenvalue weighted by Gasteiger charge is -2.08. The molecule has 18 heavy (non-hydrogen) atoms. The first-order valence-corrected chi connectivity index (χ1v) is 6.35. The number of nitriles is 1. The molecule has 0 unspecified atom stereocenters. The first kappa shape index (κ1) is 14.5. The number of halogens is 2. The molecule has 1 aromatic carbocycles. The van der Waals surface area contributed by atoms with E-state index in [-0.39, 0.29) is 23.5 Å². The van der Waals surface area contributed by atoms with Crippen LogP contribution in [0.25, 0.3) is 0 Å². The van der Waals surface area contributed by atoms with Crippen molar-refractivity contribution in [1.29, 1.82) is 5.26 Å². The molecule has 0 saturated heterocycles. The van der Waals surface area contributed by atoms with Crippen LogP contribution >= 0.6 is 0 Å². The van der Waals surface area contributed by atoms with Crippen molar-refractivity contribution in [2.75, 3.05) is 6.61 Å². The van der Waals surface area contributed by atoms with Crippen molar-refractivity contribution in [3.05, 3.63) is 29.3 Å². The third-order valence-electron chi connectivity index (χ3n) is 2.15. The van der Waals surface area contributed by atoms with Gasteiger partial charge in [-0.25, -0.2) is 13.6 Å². The van der Waals surface area contributed by atoms with Crippen molar-refractivity contribution in [3.63, 3.8) is 0 Å². The number of hydrogen-bond acceptors (Lipinski definition) is 4. The smallest absolute Gasteiger partial charge is 0.323 e. The topological polar surface area (TPSA) is 93.2 Å². The van der Waals surface area contributed by atoms with Gasteiger partial charge in [-0.3, -0.25) is 0 Å². The molecule has 5 nitrogen and oxygen atoms in total. The predicted molar refractivity (Wildman–Crippen MR) is 58.2 cm³/mol. The fourth-order valence-corrected chi connectivity index (χ4v) is 2.14. The van der Waals surface area contributed by atoms with Gasteiger partial charge in [0.1, 0.15) is 6.07 Å². The highest BCUT2D eigenvalue weighted by Gasteiger charge is 2.16. The summed E-state index contributed by atoms with van der Waals surface area (Å²) in [4.78, 5) is -0.320. The molecule has 0 saturated carbocycles. The van der Waals surface area contributed by atoms with E-state index in [1.165, 1.54) is 18.2 Å². The monoisotopic (exact) mass is 276 g/mol. The predicted octanol–water partition coefficient (Wildman–Crippen LogP) is 0.987. The van der Waals surface area contributed by atoms with E-state index in [4.69, 9.17) is 10.4 Å². The fraction of sp³-hybridized carbons (Fsp3) is 0.300. The Balaban J connectivity index is 3.04. The highest BCUT2D eigenvalue weighted by atomic mass is 32.2. The van der Waals surface area contributed by atoms with Crippen molar-refractivity contribution >= 4 is 10.0 Å². The minimum Gasteiger partial charge on any atom is -0.323 e. The van der Waals surface area contributed by atoms with Gasteiger partial charge >= 0.3 is 6.61 Å². The van der Waals surface area contributed by atoms with E-state index >= 15 is 0 Å². The zero-order chi connectivity index (χ0) is 13.8. The van der Waals surface area contributed by atoms with Gasteiger partial charge in [-0.2, -0.15) is 14.0 Å². The molecule has 0 spiro atoms. The molecule has 0 heterocycles. The standard InChI is InChI=1S/C10H10F2N2O3S/c11-10(12)17-5-4-7-2-1-3-9(8(7)6-13)18(14,15)16/h1-3,10H,4-5H2,(H2,14,15,16). The quantitative estimate of drug-likeness (QED) is 0.867. The number of sulfonamides is 1. The van der Waals surface area contributed by atoms with Crippen molar-refractivity contribution in [2.45, 2.75) is 17.9 Å². The Morgan fingerprint density at radius 1 is 1.44 bits per heavy atom. The van der Waals surface area contributed by atoms with Crippen LogP contribution in [0.1, 0.15) is 11.1 Å². The molecule has 0 atom stereocenters. The van der Waals surface area contributed by atoms with Gasteiger partial charge in [0.25, 0.3) is 0 Å². The fourth-order valence-electron chi connectivity index (χ4n) is 1.41. The maximum atomic E-state index is 11.8. The highest BCUT2D eigenvalue weighted by molar-refractivity contribution is 7.89. The van der Waals surface area contributed by atoms with E-state index in [1.54, 1.807) is 6.07 Å². The Kier molecular flexibility index (Phi) is 4.72. The Bertz CT molecular complexity index is 567. The Labute approximate surface area is 103 Å². The molecule has 0 aliphatic carbocycles. The summed E-state index contributed by atoms with van der Waals surface area (Å²) >= 11 is 0. The second-order valence-electron chi connectivity index (χ2n) is 3.33. The van der Waals surface area contributed by atoms with Gasteiger partial charge in [0, 0.05) is 0 Å². The average molecular weight is 276 g/mol. The molecule has 0 fully saturated rings. The highest BCUT2D eigenvalue weighted by Crippen LogP contribution is 2.18. The van der Waals surface area contributed by atoms with Crippen molar-refractivity contribution in [3.8, 4) is 6.07 Å². The van der Waals surface area contributed by atoms with Crippen LogP contribution in [0.2, 0.25) is 0 Å². The van der Waals surface area contributed by atoms with Gasteiger partial charge in [-0.15, -0.1) is 0 Å². The minimum absolute atomic E-state index is 0.00338. The Hall–Kier alpha value is -1.56. The van der Waals surface area contributed by atoms with Crippen LogP contribution in [0, 0.1) is 11.3 Å². The Morgan fingerprint density at radius 3 is 2.61 bits per heavy atom. The van der Waals surface area contributed by atoms with Gasteiger partial charge < -0.3 is 4.74 Å². The molecule has 8 heteroatoms. The molecule has 1 rings (SSSR count). The van der Waals surface area contributed by atoms with Crippen LogP contribution in [-0.4, -0.2) is 21.6 Å². The van der Waals surface area contributed by atoms with E-state index in [0.717, 1.165) is 0 Å². The van der Waals surface area contributed by atoms with Gasteiger partial charge in [0.15, 0.2) is 0 Å². The van der Waals surface area contributed by atoms with Crippen LogP contribution in [0.3, 0.4) is 0 Å². The number of ether oxygens (including phenoxy) is 1. The second-order valence-corrected chi connectivity index (χ2v) is 4.86. The summed E-state index contributed by atoms with van der Waals surface area (Å²) in [7, 11) is -4.02. The number of primary sulfonamides is 1. The normalized spacial score (nSPS) is 11.5. The summed E-state index contributed by atoms with van der Waals surface area (Å²) in [6.07, 6.45) is -0.00338. The summed E-state index contributed by atoms with van der Waals surface area (Å²) in [5.74, 6) is 0. The van der Waals surface area contributed by atoms with E-state index in [0.29, 0.717) is 5.56 Å². The summed E-state index contributed by atoms with van der Waals surface area (Å²) in [5, 5.41) is 13.9. The van der Waals surface area contributed by atoms with Crippen LogP contribution in [0.5, 0.6) is 0 Å². The summed E-state index contributed by atoms with van der Waals surface area (Å²) < 4.78 is 50.1. The summed E-state index contributed by atoms with van der Waals surface area (Å²) in [5.41, 5.74) is 0.155. The molecule has 0 aromatic heterocycles. The first-order chi connectivity index (χ1) is 8.36. The average Bonchev–Trinajstić information content (AvgIpc) is 2.27. The van der Waals surface area contributed by atoms with Crippen molar-refractivity contribution in [2.24, 2.45) is 5.14 Å². The van der Waals surface area contributed by atoms with E-state index in [1.807, 2.05) is 0 Å². The van der Waals surface area contributed by atoms with Gasteiger partial charge in [-0.1, -0.05) is 12.1 Å². The van der Waals surface area contributed by atoms with Gasteiger partial charge in [0.05, 0.1) is 17.1 Å². The third-order valence-corrected chi connectivity index (χ3v) is 3.10. The molecular formula is C10H10F2N2O3S. The maximum absolute atomic E-state index is 11.8. The van der Waals surface area contributed by atoms with Crippen molar-refractivity contribution in [1.82, 2.24) is 0 Å². The van der Waals surface area contributed by atoms with Gasteiger partial charge in [-0.05, 0) is 18.1 Å². The minimum atomic E-state index is -4.02. The van der Waals surface area contributed by atoms with E-state index < -0.39 is 16.6 Å². The lowest BCUT2D eigenvalue weighted by molar-refractivity contribution is -0.127. The number of benzene rings is 1. The maximum Gasteiger partial charge on any atom is 0.345 e. The SMILES string of the molecule is N#Cc1c(CCOC(F)F)cccc1S(N)(=O)=O. The van der Waals surface area contributed by atoms with Crippen molar-refractivity contribution < 1.29 is 21.9 Å². The zero-order valence-corrected chi connectivity index (χ0v) is 9.95. The molecule has 0 aliphatic heterocycles. The summed E-state index contributed by atoms with van der Waals surface area (Å²) in [6, 6.07) is 5.74. The molecule has 2 N–H and O–H groups in total. The lowest BCUT2D eigenvalue weighted by Crippen LogP contribution is -2.15. The molecule has 98 valence electrons. The number of alkyl halides is 2. The lowest BCUT2D eigenvalue weighted by atomic mass is 10.1. The van der Waals surface area contributed by atoms with Crippen LogP contribution in [0.4, 0.5) is 8.78 Å². The third kappa shape index (κ3) is 3.73. The molecule has 0 bridgehead atoms. The number of nitrogens with zero attached hydrogens (tertiary/aromatic N) is 1. The van der Waals surface area contributed by atoms with Crippen LogP contribution in [0.15, 0.2) is 23.1 Å². The second kappa shape index (κ2) is 5.86. The van der Waals surface area contributed by atoms with Gasteiger partial charge in [0.2, 0.25) is 10.0 Å². The van der Waals surface area contributed by atoms with Crippen LogP contribution < -0.4 is 5.14 Å². The molecule has 0 radical (unpaired) electrons. The molecule has 0 amide bonds. The number of hydrogen-bond donors (Lipinski definition) is 1. The summed E-state index contributed by atoms with van der Waals surface area (Å²) in [6.45, 7) is -3.22. The number of rotatable bonds is 5. The molecule has 1 aromatic rings. The Morgan fingerprint density at radius 2 is 2.11 bits per heavy atom. The largest absolute Gasteiger partial charge is 0.345 e. The van der Waals surface area contributed by atoms with E-state index in [9.17, 15) is 17.2 Å².